The molecule has 9 heteroatoms. The maximum absolute atomic E-state index is 12.8. The second kappa shape index (κ2) is 7.47. The normalized spacial score (nSPS) is 13.8. The highest BCUT2D eigenvalue weighted by atomic mass is 19.4. The van der Waals surface area contributed by atoms with E-state index >= 15 is 0 Å². The molecule has 156 valence electrons. The lowest BCUT2D eigenvalue weighted by Gasteiger charge is -2.32. The number of hydrogen-bond acceptors (Lipinski definition) is 5. The van der Waals surface area contributed by atoms with Crippen LogP contribution in [0, 0.1) is 6.92 Å². The third-order valence-electron chi connectivity index (χ3n) is 5.26. The summed E-state index contributed by atoms with van der Waals surface area (Å²) in [5, 5.41) is 3.02. The summed E-state index contributed by atoms with van der Waals surface area (Å²) in [6.45, 7) is 3.16. The van der Waals surface area contributed by atoms with E-state index in [0.29, 0.717) is 31.0 Å². The van der Waals surface area contributed by atoms with E-state index in [4.69, 9.17) is 0 Å². The molecule has 3 aromatic rings. The van der Waals surface area contributed by atoms with Crippen LogP contribution in [0.25, 0.3) is 0 Å². The van der Waals surface area contributed by atoms with E-state index in [9.17, 15) is 18.0 Å². The van der Waals surface area contributed by atoms with Crippen LogP contribution in [0.4, 0.5) is 30.5 Å². The van der Waals surface area contributed by atoms with Gasteiger partial charge in [-0.3, -0.25) is 4.57 Å². The second-order valence-corrected chi connectivity index (χ2v) is 7.24. The summed E-state index contributed by atoms with van der Waals surface area (Å²) >= 11 is 0. The summed E-state index contributed by atoms with van der Waals surface area (Å²) in [5.74, 6) is 1.25. The molecule has 1 N–H and O–H groups in total. The number of fused-ring (bicyclic) bond motifs is 1. The van der Waals surface area contributed by atoms with Crippen LogP contribution in [0.1, 0.15) is 22.4 Å². The van der Waals surface area contributed by atoms with Gasteiger partial charge in [0.1, 0.15) is 11.6 Å². The van der Waals surface area contributed by atoms with Gasteiger partial charge in [0.2, 0.25) is 0 Å². The van der Waals surface area contributed by atoms with Crippen LogP contribution in [0.3, 0.4) is 0 Å². The molecule has 0 unspecified atom stereocenters. The number of anilines is 3. The minimum Gasteiger partial charge on any atom is -0.350 e. The molecular formula is C21H20F3N5O. The van der Waals surface area contributed by atoms with Gasteiger partial charge in [-0.1, -0.05) is 6.07 Å². The molecule has 4 rings (SSSR count). The molecule has 0 bridgehead atoms. The van der Waals surface area contributed by atoms with Gasteiger partial charge in [-0.2, -0.15) is 18.2 Å². The zero-order valence-corrected chi connectivity index (χ0v) is 16.5. The van der Waals surface area contributed by atoms with E-state index in [0.717, 1.165) is 34.8 Å². The van der Waals surface area contributed by atoms with Crippen LogP contribution in [-0.4, -0.2) is 21.1 Å². The minimum absolute atomic E-state index is 0.380. The van der Waals surface area contributed by atoms with Crippen molar-refractivity contribution in [3.8, 4) is 0 Å². The van der Waals surface area contributed by atoms with Gasteiger partial charge in [0.05, 0.1) is 12.1 Å². The summed E-state index contributed by atoms with van der Waals surface area (Å²) in [6.07, 6.45) is -2.04. The van der Waals surface area contributed by atoms with E-state index in [1.165, 1.54) is 16.7 Å². The van der Waals surface area contributed by atoms with Crippen molar-refractivity contribution in [1.29, 1.82) is 0 Å². The minimum atomic E-state index is -4.40. The Morgan fingerprint density at radius 3 is 2.53 bits per heavy atom. The molecule has 0 amide bonds. The molecule has 3 heterocycles. The smallest absolute Gasteiger partial charge is 0.350 e. The van der Waals surface area contributed by atoms with Gasteiger partial charge >= 0.3 is 11.9 Å². The molecule has 0 saturated carbocycles. The number of aryl methyl sites for hydroxylation is 1. The molecule has 0 radical (unpaired) electrons. The summed E-state index contributed by atoms with van der Waals surface area (Å²) in [4.78, 5) is 23.1. The van der Waals surface area contributed by atoms with Gasteiger partial charge in [-0.25, -0.2) is 9.78 Å². The maximum Gasteiger partial charge on any atom is 0.416 e. The zero-order valence-electron chi connectivity index (χ0n) is 16.5. The van der Waals surface area contributed by atoms with Crippen molar-refractivity contribution in [2.45, 2.75) is 26.1 Å². The number of hydrogen-bond donors (Lipinski definition) is 1. The fourth-order valence-electron chi connectivity index (χ4n) is 3.64. The standard InChI is InChI=1S/C21H20F3N5O/c1-13-4-3-10-25-19(13)29-11-9-16-17(12-29)28(2)20(30)27-18(16)26-15-7-5-14(6-8-15)21(22,23)24/h3-8,10H,9,11-12H2,1-2H3,(H,26,27,30). The molecule has 1 aromatic carbocycles. The van der Waals surface area contributed by atoms with Crippen LogP contribution in [0.5, 0.6) is 0 Å². The lowest BCUT2D eigenvalue weighted by Crippen LogP contribution is -2.38. The van der Waals surface area contributed by atoms with Crippen molar-refractivity contribution in [1.82, 2.24) is 14.5 Å². The monoisotopic (exact) mass is 415 g/mol. The van der Waals surface area contributed by atoms with Gasteiger partial charge in [0, 0.05) is 36.7 Å². The Morgan fingerprint density at radius 2 is 1.87 bits per heavy atom. The van der Waals surface area contributed by atoms with Crippen molar-refractivity contribution >= 4 is 17.3 Å². The first-order valence-electron chi connectivity index (χ1n) is 9.43. The Kier molecular flexibility index (Phi) is 4.97. The maximum atomic E-state index is 12.8. The van der Waals surface area contributed by atoms with Crippen molar-refractivity contribution in [3.05, 3.63) is 75.5 Å². The molecule has 6 nitrogen and oxygen atoms in total. The molecule has 0 saturated heterocycles. The number of aromatic nitrogens is 3. The molecule has 2 aromatic heterocycles. The first-order valence-corrected chi connectivity index (χ1v) is 9.43. The highest BCUT2D eigenvalue weighted by molar-refractivity contribution is 5.62. The van der Waals surface area contributed by atoms with Crippen molar-refractivity contribution < 1.29 is 13.2 Å². The van der Waals surface area contributed by atoms with Crippen molar-refractivity contribution in [2.75, 3.05) is 16.8 Å². The lowest BCUT2D eigenvalue weighted by atomic mass is 10.0. The van der Waals surface area contributed by atoms with Gasteiger partial charge < -0.3 is 10.2 Å². The van der Waals surface area contributed by atoms with Crippen LogP contribution in [-0.2, 0) is 26.2 Å². The van der Waals surface area contributed by atoms with Crippen LogP contribution in [0.2, 0.25) is 0 Å². The van der Waals surface area contributed by atoms with E-state index < -0.39 is 17.4 Å². The first kappa shape index (κ1) is 19.9. The van der Waals surface area contributed by atoms with Gasteiger partial charge in [-0.15, -0.1) is 0 Å². The van der Waals surface area contributed by atoms with Gasteiger partial charge in [-0.05, 0) is 49.2 Å². The van der Waals surface area contributed by atoms with Crippen molar-refractivity contribution in [2.24, 2.45) is 7.05 Å². The number of rotatable bonds is 3. The SMILES string of the molecule is Cc1cccnc1N1CCc2c(Nc3ccc(C(F)(F)F)cc3)nc(=O)n(C)c2C1. The molecule has 1 aliphatic heterocycles. The Bertz CT molecular complexity index is 1140. The summed E-state index contributed by atoms with van der Waals surface area (Å²) in [5.41, 5.74) is 2.01. The quantitative estimate of drug-likeness (QED) is 0.705. The predicted molar refractivity (Wildman–Crippen MR) is 108 cm³/mol. The molecule has 30 heavy (non-hydrogen) atoms. The van der Waals surface area contributed by atoms with E-state index in [1.807, 2.05) is 19.1 Å². The zero-order chi connectivity index (χ0) is 21.5. The Hall–Kier alpha value is -3.36. The Balaban J connectivity index is 1.66. The Labute approximate surface area is 171 Å². The molecule has 0 aliphatic carbocycles. The van der Waals surface area contributed by atoms with E-state index in [-0.39, 0.29) is 0 Å². The largest absolute Gasteiger partial charge is 0.416 e. The summed E-state index contributed by atoms with van der Waals surface area (Å²) in [6, 6.07) is 8.54. The number of pyridine rings is 1. The average molecular weight is 415 g/mol. The van der Waals surface area contributed by atoms with Crippen LogP contribution >= 0.6 is 0 Å². The highest BCUT2D eigenvalue weighted by Gasteiger charge is 2.30. The third-order valence-corrected chi connectivity index (χ3v) is 5.26. The van der Waals surface area contributed by atoms with Crippen LogP contribution in [0.15, 0.2) is 47.4 Å². The predicted octanol–water partition coefficient (Wildman–Crippen LogP) is 3.81. The summed E-state index contributed by atoms with van der Waals surface area (Å²) in [7, 11) is 1.67. The average Bonchev–Trinajstić information content (AvgIpc) is 2.71. The molecule has 0 atom stereocenters. The number of nitrogens with zero attached hydrogens (tertiary/aromatic N) is 4. The van der Waals surface area contributed by atoms with E-state index in [1.54, 1.807) is 13.2 Å². The first-order chi connectivity index (χ1) is 14.2. The highest BCUT2D eigenvalue weighted by Crippen LogP contribution is 2.32. The van der Waals surface area contributed by atoms with Gasteiger partial charge in [0.25, 0.3) is 0 Å². The topological polar surface area (TPSA) is 63.1 Å². The number of alkyl halides is 3. The second-order valence-electron chi connectivity index (χ2n) is 7.24. The number of nitrogens with one attached hydrogen (secondary N) is 1. The molecular weight excluding hydrogens is 395 g/mol. The fourth-order valence-corrected chi connectivity index (χ4v) is 3.64. The third kappa shape index (κ3) is 3.74. The lowest BCUT2D eigenvalue weighted by molar-refractivity contribution is -0.137. The van der Waals surface area contributed by atoms with E-state index in [2.05, 4.69) is 20.2 Å². The molecule has 0 fully saturated rings. The fraction of sp³-hybridized carbons (Fsp3) is 0.286. The van der Waals surface area contributed by atoms with Crippen molar-refractivity contribution in [3.63, 3.8) is 0 Å². The molecule has 0 spiro atoms. The van der Waals surface area contributed by atoms with Crippen LogP contribution < -0.4 is 15.9 Å². The Morgan fingerprint density at radius 1 is 1.13 bits per heavy atom. The number of halogens is 3. The summed E-state index contributed by atoms with van der Waals surface area (Å²) < 4.78 is 39.9. The van der Waals surface area contributed by atoms with Gasteiger partial charge in [0.15, 0.2) is 0 Å². The molecule has 1 aliphatic rings. The number of benzene rings is 1.